The molecule has 1 saturated heterocycles. The summed E-state index contributed by atoms with van der Waals surface area (Å²) in [4.78, 5) is 32.3. The molecule has 190 valence electrons. The molecule has 0 aromatic carbocycles. The third-order valence-corrected chi connectivity index (χ3v) is 7.20. The molecule has 3 fully saturated rings. The molecule has 0 spiro atoms. The van der Waals surface area contributed by atoms with Crippen molar-refractivity contribution >= 4 is 17.5 Å². The van der Waals surface area contributed by atoms with Crippen molar-refractivity contribution in [2.75, 3.05) is 36.9 Å². The molecule has 11 heteroatoms. The topological polar surface area (TPSA) is 152 Å². The van der Waals surface area contributed by atoms with Crippen molar-refractivity contribution in [1.29, 1.82) is 5.26 Å². The van der Waals surface area contributed by atoms with E-state index < -0.39 is 0 Å². The minimum atomic E-state index is -0.318. The van der Waals surface area contributed by atoms with Gasteiger partial charge in [0, 0.05) is 31.2 Å². The van der Waals surface area contributed by atoms with Crippen LogP contribution < -0.4 is 25.4 Å². The van der Waals surface area contributed by atoms with Gasteiger partial charge >= 0.3 is 6.01 Å². The summed E-state index contributed by atoms with van der Waals surface area (Å²) in [7, 11) is 0. The summed E-state index contributed by atoms with van der Waals surface area (Å²) in [6, 6.07) is 4.19. The Morgan fingerprint density at radius 2 is 2.03 bits per heavy atom. The van der Waals surface area contributed by atoms with Gasteiger partial charge in [-0.25, -0.2) is 0 Å². The maximum Gasteiger partial charge on any atom is 0.321 e. The van der Waals surface area contributed by atoms with Crippen molar-refractivity contribution < 1.29 is 14.3 Å². The summed E-state index contributed by atoms with van der Waals surface area (Å²) in [5.74, 6) is 1.88. The first-order valence-electron chi connectivity index (χ1n) is 12.7. The summed E-state index contributed by atoms with van der Waals surface area (Å²) in [6.07, 6.45) is 8.12. The number of carbonyl (C=O) groups excluding carboxylic acids is 1. The third kappa shape index (κ3) is 5.93. The van der Waals surface area contributed by atoms with Crippen molar-refractivity contribution in [2.24, 2.45) is 23.7 Å². The molecule has 0 bridgehead atoms. The minimum Gasteiger partial charge on any atom is -0.490 e. The lowest BCUT2D eigenvalue weighted by atomic mass is 9.98. The monoisotopic (exact) mass is 492 g/mol. The number of carbonyl (C=O) groups is 1. The summed E-state index contributed by atoms with van der Waals surface area (Å²) in [5, 5.41) is 12.1. The second-order valence-electron chi connectivity index (χ2n) is 10.0. The van der Waals surface area contributed by atoms with Crippen LogP contribution in [0.4, 0.5) is 11.6 Å². The van der Waals surface area contributed by atoms with Gasteiger partial charge in [0.05, 0.1) is 37.1 Å². The van der Waals surface area contributed by atoms with Crippen molar-refractivity contribution in [2.45, 2.75) is 45.1 Å². The van der Waals surface area contributed by atoms with Crippen LogP contribution in [0.25, 0.3) is 0 Å². The largest absolute Gasteiger partial charge is 0.490 e. The van der Waals surface area contributed by atoms with Gasteiger partial charge in [0.15, 0.2) is 5.75 Å². The normalized spacial score (nSPS) is 22.4. The Hall–Kier alpha value is -3.68. The van der Waals surface area contributed by atoms with E-state index in [1.165, 1.54) is 0 Å². The van der Waals surface area contributed by atoms with Crippen molar-refractivity contribution in [3.05, 3.63) is 24.3 Å². The maximum atomic E-state index is 12.9. The molecule has 2 aromatic heterocycles. The van der Waals surface area contributed by atoms with Crippen LogP contribution in [-0.2, 0) is 0 Å². The summed E-state index contributed by atoms with van der Waals surface area (Å²) >= 11 is 0. The molecule has 2 saturated carbocycles. The molecule has 3 heterocycles. The second-order valence-corrected chi connectivity index (χ2v) is 10.0. The number of nitrogens with zero attached hydrogens (tertiary/aromatic N) is 6. The lowest BCUT2D eigenvalue weighted by molar-refractivity contribution is 0.0923. The zero-order valence-electron chi connectivity index (χ0n) is 20.5. The SMILES string of the molecule is C[C@@H](NC(=O)c1nc(OC[C@H]2C[C@H]2C#N)nc(N2CCC(COc3cnccc3N)CC2)n1)C1CC1. The molecule has 3 atom stereocenters. The number of amides is 1. The number of nitriles is 1. The first-order valence-corrected chi connectivity index (χ1v) is 12.7. The van der Waals surface area contributed by atoms with E-state index in [1.807, 2.05) is 6.92 Å². The van der Waals surface area contributed by atoms with E-state index in [2.05, 4.69) is 36.2 Å². The molecule has 11 nitrogen and oxygen atoms in total. The van der Waals surface area contributed by atoms with Gasteiger partial charge in [-0.2, -0.15) is 20.2 Å². The maximum absolute atomic E-state index is 12.9. The van der Waals surface area contributed by atoms with Gasteiger partial charge in [-0.05, 0) is 56.9 Å². The predicted octanol–water partition coefficient (Wildman–Crippen LogP) is 2.21. The fourth-order valence-electron chi connectivity index (χ4n) is 4.43. The summed E-state index contributed by atoms with van der Waals surface area (Å²) in [5.41, 5.74) is 6.52. The van der Waals surface area contributed by atoms with Gasteiger partial charge in [-0.1, -0.05) is 0 Å². The Morgan fingerprint density at radius 1 is 1.22 bits per heavy atom. The van der Waals surface area contributed by atoms with E-state index in [0.29, 0.717) is 42.4 Å². The number of aromatic nitrogens is 4. The summed E-state index contributed by atoms with van der Waals surface area (Å²) in [6.45, 7) is 4.37. The smallest absolute Gasteiger partial charge is 0.321 e. The number of nitrogen functional groups attached to an aromatic ring is 1. The van der Waals surface area contributed by atoms with Crippen molar-refractivity contribution in [3.8, 4) is 17.8 Å². The molecule has 5 rings (SSSR count). The molecule has 0 unspecified atom stereocenters. The molecule has 2 aliphatic carbocycles. The highest BCUT2D eigenvalue weighted by molar-refractivity contribution is 5.91. The van der Waals surface area contributed by atoms with E-state index >= 15 is 0 Å². The standard InChI is InChI=1S/C25H32N8O3/c1-15(17-2-3-17)29-23(34)22-30-24(32-25(31-22)36-14-19-10-18(19)11-26)33-8-5-16(6-9-33)13-35-21-12-28-7-4-20(21)27/h4,7,12,15-19H,2-3,5-6,8-10,13-14H2,1H3,(H2,27,28)(H,29,34)/t15-,18+,19-/m1/s1. The average molecular weight is 493 g/mol. The van der Waals surface area contributed by atoms with Gasteiger partial charge in [0.1, 0.15) is 0 Å². The average Bonchev–Trinajstić information content (AvgIpc) is 3.82. The van der Waals surface area contributed by atoms with Crippen LogP contribution in [-0.4, -0.2) is 58.2 Å². The van der Waals surface area contributed by atoms with Crippen molar-refractivity contribution in [1.82, 2.24) is 25.3 Å². The number of ether oxygens (including phenoxy) is 2. The number of nitrogens with one attached hydrogen (secondary N) is 1. The number of anilines is 2. The zero-order valence-corrected chi connectivity index (χ0v) is 20.5. The number of rotatable bonds is 10. The van der Waals surface area contributed by atoms with E-state index in [9.17, 15) is 4.79 Å². The van der Waals surface area contributed by atoms with Gasteiger partial charge in [0.2, 0.25) is 11.8 Å². The van der Waals surface area contributed by atoms with Crippen LogP contribution in [0.15, 0.2) is 18.5 Å². The number of nitrogens with two attached hydrogens (primary N) is 1. The summed E-state index contributed by atoms with van der Waals surface area (Å²) < 4.78 is 11.7. The van der Waals surface area contributed by atoms with Gasteiger partial charge in [-0.15, -0.1) is 0 Å². The highest BCUT2D eigenvalue weighted by Gasteiger charge is 2.38. The van der Waals surface area contributed by atoms with Gasteiger partial charge in [-0.3, -0.25) is 9.78 Å². The van der Waals surface area contributed by atoms with E-state index in [-0.39, 0.29) is 35.6 Å². The highest BCUT2D eigenvalue weighted by Crippen LogP contribution is 2.37. The Balaban J connectivity index is 1.23. The molecule has 1 aliphatic heterocycles. The Kier molecular flexibility index (Phi) is 7.02. The Bertz CT molecular complexity index is 1130. The van der Waals surface area contributed by atoms with E-state index in [0.717, 1.165) is 45.2 Å². The fourth-order valence-corrected chi connectivity index (χ4v) is 4.43. The van der Waals surface area contributed by atoms with Crippen LogP contribution in [0.2, 0.25) is 0 Å². The molecule has 1 amide bonds. The lowest BCUT2D eigenvalue weighted by Crippen LogP contribution is -2.38. The molecular weight excluding hydrogens is 460 g/mol. The number of pyridine rings is 1. The first kappa shape index (κ1) is 24.0. The number of piperidine rings is 1. The molecule has 36 heavy (non-hydrogen) atoms. The second kappa shape index (κ2) is 10.5. The lowest BCUT2D eigenvalue weighted by Gasteiger charge is -2.32. The predicted molar refractivity (Wildman–Crippen MR) is 131 cm³/mol. The van der Waals surface area contributed by atoms with E-state index in [4.69, 9.17) is 20.5 Å². The molecule has 0 radical (unpaired) electrons. The number of hydrogen-bond acceptors (Lipinski definition) is 10. The number of hydrogen-bond donors (Lipinski definition) is 2. The third-order valence-electron chi connectivity index (χ3n) is 7.20. The van der Waals surface area contributed by atoms with Crippen LogP contribution in [0, 0.1) is 35.0 Å². The minimum absolute atomic E-state index is 0.0248. The van der Waals surface area contributed by atoms with Crippen LogP contribution in [0.1, 0.15) is 49.6 Å². The molecular formula is C25H32N8O3. The molecule has 3 N–H and O–H groups in total. The first-order chi connectivity index (χ1) is 17.5. The Morgan fingerprint density at radius 3 is 2.72 bits per heavy atom. The Labute approximate surface area is 210 Å². The van der Waals surface area contributed by atoms with Crippen LogP contribution in [0.5, 0.6) is 11.8 Å². The molecule has 3 aliphatic rings. The van der Waals surface area contributed by atoms with Gasteiger partial charge < -0.3 is 25.4 Å². The zero-order chi connectivity index (χ0) is 25.1. The highest BCUT2D eigenvalue weighted by atomic mass is 16.5. The fraction of sp³-hybridized carbons (Fsp3) is 0.600. The molecule has 2 aromatic rings. The van der Waals surface area contributed by atoms with E-state index in [1.54, 1.807) is 18.5 Å². The quantitative estimate of drug-likeness (QED) is 0.505. The van der Waals surface area contributed by atoms with Crippen LogP contribution >= 0.6 is 0 Å². The van der Waals surface area contributed by atoms with Crippen molar-refractivity contribution in [3.63, 3.8) is 0 Å². The van der Waals surface area contributed by atoms with Gasteiger partial charge in [0.25, 0.3) is 5.91 Å². The van der Waals surface area contributed by atoms with Crippen LogP contribution in [0.3, 0.4) is 0 Å².